The number of hydrogen-bond acceptors (Lipinski definition) is 3. The summed E-state index contributed by atoms with van der Waals surface area (Å²) in [6, 6.07) is 34.1. The van der Waals surface area contributed by atoms with Crippen molar-refractivity contribution in [3.05, 3.63) is 247 Å². The minimum Gasteiger partial charge on any atom is -0.467 e. The van der Waals surface area contributed by atoms with Gasteiger partial charge in [-0.1, -0.05) is 90.0 Å². The Hall–Kier alpha value is -7.84. The Balaban J connectivity index is 0.000000392. The first kappa shape index (κ1) is 39.4. The van der Waals surface area contributed by atoms with Crippen molar-refractivity contribution < 1.29 is 9.47 Å². The van der Waals surface area contributed by atoms with Crippen LogP contribution < -0.4 is 4.90 Å². The van der Waals surface area contributed by atoms with Gasteiger partial charge in [-0.25, -0.2) is 0 Å². The van der Waals surface area contributed by atoms with Crippen LogP contribution in [0.4, 0.5) is 17.1 Å². The van der Waals surface area contributed by atoms with Crippen LogP contribution in [0.1, 0.15) is 48.6 Å². The minimum absolute atomic E-state index is 0.0363. The Labute approximate surface area is 330 Å². The van der Waals surface area contributed by atoms with Gasteiger partial charge in [0.2, 0.25) is 0 Å². The fourth-order valence-electron chi connectivity index (χ4n) is 5.76. The second-order valence-corrected chi connectivity index (χ2v) is 13.0. The second-order valence-electron chi connectivity index (χ2n) is 13.0. The normalized spacial score (nSPS) is 13.2. The van der Waals surface area contributed by atoms with Crippen LogP contribution in [0.2, 0.25) is 0 Å². The molecule has 0 saturated carbocycles. The molecular formula is C49H39N5O2. The van der Waals surface area contributed by atoms with Crippen LogP contribution in [0.15, 0.2) is 173 Å². The summed E-state index contributed by atoms with van der Waals surface area (Å²) in [6.45, 7) is 37.6. The van der Waals surface area contributed by atoms with E-state index >= 15 is 0 Å². The molecule has 272 valence electrons. The minimum atomic E-state index is 0.0363. The zero-order valence-electron chi connectivity index (χ0n) is 31.9. The maximum atomic E-state index is 7.21. The maximum absolute atomic E-state index is 7.21. The highest BCUT2D eigenvalue weighted by molar-refractivity contribution is 5.78. The molecule has 4 aromatic carbocycles. The average molecular weight is 730 g/mol. The summed E-state index contributed by atoms with van der Waals surface area (Å²) >= 11 is 0. The lowest BCUT2D eigenvalue weighted by Gasteiger charge is -2.25. The Morgan fingerprint density at radius 2 is 0.750 bits per heavy atom. The van der Waals surface area contributed by atoms with Gasteiger partial charge in [0.15, 0.2) is 0 Å². The third-order valence-electron chi connectivity index (χ3n) is 8.50. The number of anilines is 3. The molecule has 0 saturated heterocycles. The molecule has 0 spiro atoms. The van der Waals surface area contributed by atoms with Crippen LogP contribution in [0.25, 0.3) is 37.6 Å². The molecule has 56 heavy (non-hydrogen) atoms. The van der Waals surface area contributed by atoms with Crippen LogP contribution in [-0.2, 0) is 9.47 Å². The number of benzene rings is 4. The van der Waals surface area contributed by atoms with Crippen molar-refractivity contribution in [2.75, 3.05) is 4.90 Å². The summed E-state index contributed by atoms with van der Waals surface area (Å²) in [5.74, 6) is 2.78. The Kier molecular flexibility index (Phi) is 13.2. The van der Waals surface area contributed by atoms with Gasteiger partial charge in [-0.15, -0.1) is 0 Å². The van der Waals surface area contributed by atoms with E-state index in [4.69, 9.17) is 35.8 Å². The van der Waals surface area contributed by atoms with E-state index in [0.717, 1.165) is 33.8 Å². The molecule has 0 radical (unpaired) electrons. The SMILES string of the molecule is [C-]#[N+]C([N+]#[C-])=C1C=C(C)OC(/C=C/c2ccc(/C=C/c3ccc(N(c4ccc(C)cc4)c4ccc(C)cc4)cc3)cc2)=C1.[C-]#[N+]C([N+]#[C-])=C1C=C(C)OC(C)=C1. The predicted octanol–water partition coefficient (Wildman–Crippen LogP) is 13.7. The van der Waals surface area contributed by atoms with Crippen LogP contribution in [0.5, 0.6) is 0 Å². The van der Waals surface area contributed by atoms with E-state index in [1.165, 1.54) is 11.1 Å². The highest BCUT2D eigenvalue weighted by Gasteiger charge is 2.17. The van der Waals surface area contributed by atoms with Crippen molar-refractivity contribution in [1.82, 2.24) is 0 Å². The van der Waals surface area contributed by atoms with Crippen LogP contribution in [0.3, 0.4) is 0 Å². The van der Waals surface area contributed by atoms with Crippen molar-refractivity contribution in [2.24, 2.45) is 0 Å². The highest BCUT2D eigenvalue weighted by Crippen LogP contribution is 2.35. The lowest BCUT2D eigenvalue weighted by molar-refractivity contribution is 0.304. The molecule has 2 aliphatic heterocycles. The molecule has 0 bridgehead atoms. The van der Waals surface area contributed by atoms with E-state index in [2.05, 4.69) is 135 Å². The Bertz CT molecular complexity index is 2420. The molecule has 0 amide bonds. The van der Waals surface area contributed by atoms with Gasteiger partial charge in [0.25, 0.3) is 0 Å². The van der Waals surface area contributed by atoms with E-state index in [-0.39, 0.29) is 11.6 Å². The smallest absolute Gasteiger partial charge is 0.467 e. The Morgan fingerprint density at radius 1 is 0.429 bits per heavy atom. The lowest BCUT2D eigenvalue weighted by atomic mass is 10.1. The molecule has 0 unspecified atom stereocenters. The van der Waals surface area contributed by atoms with Crippen molar-refractivity contribution in [1.29, 1.82) is 0 Å². The first-order valence-electron chi connectivity index (χ1n) is 17.7. The van der Waals surface area contributed by atoms with E-state index in [1.54, 1.807) is 38.2 Å². The topological polar surface area (TPSA) is 39.1 Å². The van der Waals surface area contributed by atoms with Gasteiger partial charge >= 0.3 is 11.6 Å². The van der Waals surface area contributed by atoms with Gasteiger partial charge in [0.1, 0.15) is 49.3 Å². The van der Waals surface area contributed by atoms with Gasteiger partial charge in [-0.2, -0.15) is 19.4 Å². The number of rotatable bonds is 7. The molecule has 2 aliphatic rings. The highest BCUT2D eigenvalue weighted by atomic mass is 16.5. The number of hydrogen-bond donors (Lipinski definition) is 0. The third kappa shape index (κ3) is 10.6. The zero-order valence-corrected chi connectivity index (χ0v) is 31.9. The van der Waals surface area contributed by atoms with Crippen molar-refractivity contribution in [2.45, 2.75) is 34.6 Å². The first-order valence-corrected chi connectivity index (χ1v) is 17.7. The molecular weight excluding hydrogens is 691 g/mol. The average Bonchev–Trinajstić information content (AvgIpc) is 3.19. The summed E-state index contributed by atoms with van der Waals surface area (Å²) in [7, 11) is 0. The molecule has 6 rings (SSSR count). The molecule has 0 fully saturated rings. The molecule has 0 atom stereocenters. The van der Waals surface area contributed by atoms with Crippen LogP contribution in [0, 0.1) is 40.1 Å². The molecule has 7 heteroatoms. The Morgan fingerprint density at radius 3 is 1.14 bits per heavy atom. The predicted molar refractivity (Wildman–Crippen MR) is 227 cm³/mol. The summed E-state index contributed by atoms with van der Waals surface area (Å²) in [6.07, 6.45) is 14.8. The van der Waals surface area contributed by atoms with Crippen LogP contribution in [-0.4, -0.2) is 0 Å². The van der Waals surface area contributed by atoms with E-state index in [9.17, 15) is 0 Å². The van der Waals surface area contributed by atoms with Gasteiger partial charge in [-0.05, 0) is 118 Å². The van der Waals surface area contributed by atoms with Crippen LogP contribution >= 0.6 is 0 Å². The maximum Gasteiger partial charge on any atom is 0.526 e. The van der Waals surface area contributed by atoms with Gasteiger partial charge in [0.05, 0.1) is 11.1 Å². The number of aryl methyl sites for hydroxylation is 2. The molecule has 0 aromatic heterocycles. The number of allylic oxidation sites excluding steroid dienone is 10. The molecule has 4 aromatic rings. The van der Waals surface area contributed by atoms with Crippen molar-refractivity contribution in [3.63, 3.8) is 0 Å². The molecule has 7 nitrogen and oxygen atoms in total. The van der Waals surface area contributed by atoms with Gasteiger partial charge in [0, 0.05) is 17.1 Å². The number of ether oxygens (including phenoxy) is 2. The fourth-order valence-corrected chi connectivity index (χ4v) is 5.76. The second kappa shape index (κ2) is 18.8. The summed E-state index contributed by atoms with van der Waals surface area (Å²) in [5.41, 5.74) is 10.3. The zero-order chi connectivity index (χ0) is 40.0. The monoisotopic (exact) mass is 729 g/mol. The van der Waals surface area contributed by atoms with Crippen molar-refractivity contribution >= 4 is 35.3 Å². The first-order chi connectivity index (χ1) is 27.1. The van der Waals surface area contributed by atoms with Gasteiger partial charge in [-0.3, -0.25) is 0 Å². The van der Waals surface area contributed by atoms with E-state index < -0.39 is 0 Å². The number of nitrogens with zero attached hydrogens (tertiary/aromatic N) is 5. The molecule has 2 heterocycles. The fraction of sp³-hybridized carbons (Fsp3) is 0.102. The van der Waals surface area contributed by atoms with E-state index in [1.807, 2.05) is 31.2 Å². The van der Waals surface area contributed by atoms with E-state index in [0.29, 0.717) is 34.2 Å². The lowest BCUT2D eigenvalue weighted by Crippen LogP contribution is -2.09. The quantitative estimate of drug-likeness (QED) is 0.140. The summed E-state index contributed by atoms with van der Waals surface area (Å²) in [4.78, 5) is 15.1. The van der Waals surface area contributed by atoms with Crippen molar-refractivity contribution in [3.8, 4) is 0 Å². The molecule has 0 aliphatic carbocycles. The summed E-state index contributed by atoms with van der Waals surface area (Å²) in [5, 5.41) is 0. The standard InChI is InChI=1S/C39H31N3O.C10H8N2O/c1-28-6-19-35(20-7-28)42(36-21-8-29(2)9-22-36)37-23-16-33(17-24-37)15-12-31-10-13-32(14-11-31)18-25-38-27-34(26-30(3)43-38)39(40-4)41-5;1-7-5-9(6-8(2)13-7)10(11-3)12-4/h6-27H,1-3H3;5-6H,1-2H3/b15-12+,25-18+;. The largest absolute Gasteiger partial charge is 0.526 e. The third-order valence-corrected chi connectivity index (χ3v) is 8.50. The summed E-state index contributed by atoms with van der Waals surface area (Å²) < 4.78 is 11.0. The molecule has 0 N–H and O–H groups in total. The van der Waals surface area contributed by atoms with Gasteiger partial charge < -0.3 is 14.4 Å².